The van der Waals surface area contributed by atoms with E-state index in [4.69, 9.17) is 4.74 Å². The van der Waals surface area contributed by atoms with Crippen molar-refractivity contribution in [3.63, 3.8) is 0 Å². The van der Waals surface area contributed by atoms with Crippen LogP contribution in [0.25, 0.3) is 0 Å². The summed E-state index contributed by atoms with van der Waals surface area (Å²) in [6.07, 6.45) is 6.75. The van der Waals surface area contributed by atoms with Gasteiger partial charge >= 0.3 is 0 Å². The summed E-state index contributed by atoms with van der Waals surface area (Å²) in [5, 5.41) is 3.23. The summed E-state index contributed by atoms with van der Waals surface area (Å²) >= 11 is 0. The molecule has 3 fully saturated rings. The van der Waals surface area contributed by atoms with E-state index in [9.17, 15) is 9.59 Å². The number of rotatable bonds is 4. The Morgan fingerprint density at radius 2 is 1.80 bits per heavy atom. The summed E-state index contributed by atoms with van der Waals surface area (Å²) in [6.45, 7) is 6.99. The fourth-order valence-electron chi connectivity index (χ4n) is 4.43. The molecule has 3 atom stereocenters. The van der Waals surface area contributed by atoms with Gasteiger partial charge in [-0.2, -0.15) is 0 Å². The normalized spacial score (nSPS) is 31.6. The Bertz CT molecular complexity index is 465. The number of hydrogen-bond acceptors (Lipinski definition) is 4. The van der Waals surface area contributed by atoms with Crippen molar-refractivity contribution in [1.82, 2.24) is 15.1 Å². The molecule has 2 heterocycles. The van der Waals surface area contributed by atoms with Crippen molar-refractivity contribution < 1.29 is 14.3 Å². The second kappa shape index (κ2) is 8.99. The Morgan fingerprint density at radius 3 is 2.56 bits per heavy atom. The number of likely N-dealkylation sites (tertiary alicyclic amines) is 1. The molecule has 3 rings (SSSR count). The van der Waals surface area contributed by atoms with Crippen molar-refractivity contribution in [2.75, 3.05) is 45.9 Å². The Labute approximate surface area is 151 Å². The number of piperidine rings is 1. The molecule has 0 radical (unpaired) electrons. The van der Waals surface area contributed by atoms with E-state index in [2.05, 4.69) is 17.1 Å². The molecule has 25 heavy (non-hydrogen) atoms. The fourth-order valence-corrected chi connectivity index (χ4v) is 4.43. The van der Waals surface area contributed by atoms with Gasteiger partial charge in [-0.25, -0.2) is 0 Å². The van der Waals surface area contributed by atoms with Crippen molar-refractivity contribution in [1.29, 1.82) is 0 Å². The van der Waals surface area contributed by atoms with Crippen LogP contribution in [0, 0.1) is 11.8 Å². The highest BCUT2D eigenvalue weighted by molar-refractivity contribution is 5.80. The van der Waals surface area contributed by atoms with Gasteiger partial charge < -0.3 is 15.0 Å². The minimum absolute atomic E-state index is 0.0354. The second-order valence-corrected chi connectivity index (χ2v) is 7.95. The van der Waals surface area contributed by atoms with Gasteiger partial charge in [-0.3, -0.25) is 14.5 Å². The van der Waals surface area contributed by atoms with E-state index in [-0.39, 0.29) is 17.7 Å². The lowest BCUT2D eigenvalue weighted by Crippen LogP contribution is -2.51. The molecule has 0 aromatic heterocycles. The number of amides is 2. The van der Waals surface area contributed by atoms with Crippen LogP contribution in [0.5, 0.6) is 0 Å². The number of hydrogen-bond donors (Lipinski definition) is 1. The number of carbonyl (C=O) groups is 2. The van der Waals surface area contributed by atoms with E-state index >= 15 is 0 Å². The topological polar surface area (TPSA) is 61.9 Å². The van der Waals surface area contributed by atoms with E-state index in [1.807, 2.05) is 4.90 Å². The number of nitrogens with one attached hydrogen (secondary N) is 1. The molecule has 2 amide bonds. The molecular weight excluding hydrogens is 318 g/mol. The van der Waals surface area contributed by atoms with E-state index in [0.717, 1.165) is 25.8 Å². The number of carbonyl (C=O) groups excluding carboxylic acids is 2. The molecule has 1 N–H and O–H groups in total. The van der Waals surface area contributed by atoms with Gasteiger partial charge in [-0.05, 0) is 38.1 Å². The molecule has 142 valence electrons. The summed E-state index contributed by atoms with van der Waals surface area (Å²) < 4.78 is 5.33. The number of nitrogens with zero attached hydrogens (tertiary/aromatic N) is 2. The highest BCUT2D eigenvalue weighted by atomic mass is 16.5. The maximum absolute atomic E-state index is 12.7. The maximum atomic E-state index is 12.7. The van der Waals surface area contributed by atoms with Gasteiger partial charge in [0.25, 0.3) is 0 Å². The summed E-state index contributed by atoms with van der Waals surface area (Å²) in [7, 11) is 0. The average Bonchev–Trinajstić information content (AvgIpc) is 2.64. The molecule has 2 saturated heterocycles. The van der Waals surface area contributed by atoms with E-state index in [1.54, 1.807) is 0 Å². The second-order valence-electron chi connectivity index (χ2n) is 7.95. The molecule has 0 aromatic carbocycles. The minimum atomic E-state index is 0.0354. The van der Waals surface area contributed by atoms with Crippen molar-refractivity contribution in [2.45, 2.75) is 51.5 Å². The molecule has 6 heteroatoms. The molecule has 0 bridgehead atoms. The first-order chi connectivity index (χ1) is 12.1. The first-order valence-electron chi connectivity index (χ1n) is 10.0. The van der Waals surface area contributed by atoms with E-state index in [1.165, 1.54) is 19.3 Å². The van der Waals surface area contributed by atoms with Crippen molar-refractivity contribution >= 4 is 11.8 Å². The Kier molecular flexibility index (Phi) is 6.70. The summed E-state index contributed by atoms with van der Waals surface area (Å²) in [6, 6.07) is 0.330. The molecule has 2 aliphatic heterocycles. The molecule has 6 nitrogen and oxygen atoms in total. The van der Waals surface area contributed by atoms with Crippen LogP contribution in [0.3, 0.4) is 0 Å². The predicted octanol–water partition coefficient (Wildman–Crippen LogP) is 1.25. The molecule has 3 aliphatic rings. The van der Waals surface area contributed by atoms with Gasteiger partial charge in [-0.15, -0.1) is 0 Å². The Balaban J connectivity index is 1.46. The van der Waals surface area contributed by atoms with Crippen molar-refractivity contribution in [3.05, 3.63) is 0 Å². The minimum Gasteiger partial charge on any atom is -0.378 e. The molecule has 1 aliphatic carbocycles. The highest BCUT2D eigenvalue weighted by Gasteiger charge is 2.31. The summed E-state index contributed by atoms with van der Waals surface area (Å²) in [5.41, 5.74) is 0. The Hall–Kier alpha value is -1.14. The summed E-state index contributed by atoms with van der Waals surface area (Å²) in [4.78, 5) is 29.2. The molecular formula is C19H33N3O3. The van der Waals surface area contributed by atoms with Crippen LogP contribution < -0.4 is 5.32 Å². The third-order valence-electron chi connectivity index (χ3n) is 6.00. The lowest BCUT2D eigenvalue weighted by molar-refractivity contribution is -0.142. The molecule has 1 saturated carbocycles. The number of ether oxygens (including phenoxy) is 1. The number of morpholine rings is 1. The third kappa shape index (κ3) is 5.17. The zero-order valence-electron chi connectivity index (χ0n) is 15.5. The van der Waals surface area contributed by atoms with Gasteiger partial charge in [-0.1, -0.05) is 19.8 Å². The van der Waals surface area contributed by atoms with Crippen LogP contribution in [0.2, 0.25) is 0 Å². The van der Waals surface area contributed by atoms with E-state index in [0.29, 0.717) is 51.4 Å². The molecule has 0 aromatic rings. The molecule has 3 unspecified atom stereocenters. The van der Waals surface area contributed by atoms with Gasteiger partial charge in [0.1, 0.15) is 0 Å². The van der Waals surface area contributed by atoms with Crippen LogP contribution in [-0.4, -0.2) is 73.6 Å². The zero-order valence-corrected chi connectivity index (χ0v) is 15.5. The smallest absolute Gasteiger partial charge is 0.234 e. The van der Waals surface area contributed by atoms with E-state index < -0.39 is 0 Å². The van der Waals surface area contributed by atoms with Crippen LogP contribution in [0.15, 0.2) is 0 Å². The quantitative estimate of drug-likeness (QED) is 0.828. The van der Waals surface area contributed by atoms with Crippen LogP contribution in [-0.2, 0) is 14.3 Å². The zero-order chi connectivity index (χ0) is 17.6. The van der Waals surface area contributed by atoms with Gasteiger partial charge in [0.05, 0.1) is 25.7 Å². The van der Waals surface area contributed by atoms with Crippen LogP contribution >= 0.6 is 0 Å². The van der Waals surface area contributed by atoms with Gasteiger partial charge in [0, 0.05) is 25.7 Å². The fraction of sp³-hybridized carbons (Fsp3) is 0.895. The van der Waals surface area contributed by atoms with Gasteiger partial charge in [0.15, 0.2) is 0 Å². The predicted molar refractivity (Wildman–Crippen MR) is 96.1 cm³/mol. The maximum Gasteiger partial charge on any atom is 0.234 e. The first-order valence-corrected chi connectivity index (χ1v) is 10.0. The van der Waals surface area contributed by atoms with Crippen molar-refractivity contribution in [3.8, 4) is 0 Å². The van der Waals surface area contributed by atoms with Crippen molar-refractivity contribution in [2.24, 2.45) is 11.8 Å². The van der Waals surface area contributed by atoms with Crippen LogP contribution in [0.4, 0.5) is 0 Å². The summed E-state index contributed by atoms with van der Waals surface area (Å²) in [5.74, 6) is 0.982. The highest BCUT2D eigenvalue weighted by Crippen LogP contribution is 2.24. The lowest BCUT2D eigenvalue weighted by atomic mass is 9.86. The SMILES string of the molecule is CC1CCCCC1NC(=O)CN1CCCC(C(=O)N2CCOCC2)C1. The Morgan fingerprint density at radius 1 is 1.04 bits per heavy atom. The third-order valence-corrected chi connectivity index (χ3v) is 6.00. The largest absolute Gasteiger partial charge is 0.378 e. The van der Waals surface area contributed by atoms with Gasteiger partial charge in [0.2, 0.25) is 11.8 Å². The molecule has 0 spiro atoms. The van der Waals surface area contributed by atoms with Crippen LogP contribution in [0.1, 0.15) is 45.4 Å². The monoisotopic (exact) mass is 351 g/mol. The standard InChI is InChI=1S/C19H33N3O3/c1-15-5-2-3-7-17(15)20-18(23)14-21-8-4-6-16(13-21)19(24)22-9-11-25-12-10-22/h15-17H,2-14H2,1H3,(H,20,23). The average molecular weight is 351 g/mol. The lowest BCUT2D eigenvalue weighted by Gasteiger charge is -2.36. The first kappa shape index (κ1) is 18.6.